The number of carbonyl (C=O) groups is 1. The summed E-state index contributed by atoms with van der Waals surface area (Å²) < 4.78 is 53.5. The maximum atomic E-state index is 13.8. The van der Waals surface area contributed by atoms with Crippen LogP contribution in [0.15, 0.2) is 23.1 Å². The van der Waals surface area contributed by atoms with Gasteiger partial charge in [-0.25, -0.2) is 17.2 Å². The Morgan fingerprint density at radius 3 is 2.50 bits per heavy atom. The summed E-state index contributed by atoms with van der Waals surface area (Å²) in [6, 6.07) is 2.83. The summed E-state index contributed by atoms with van der Waals surface area (Å²) in [7, 11) is -4.39. The van der Waals surface area contributed by atoms with Crippen LogP contribution in [0, 0.1) is 23.0 Å². The van der Waals surface area contributed by atoms with Gasteiger partial charge >= 0.3 is 5.97 Å². The SMILES string of the molecule is O=C(O)[C@@]12CCC[C@H]1CN(S(=O)(=O)c1c(F)cccc1F)C2. The minimum absolute atomic E-state index is 0.0115. The molecule has 1 aromatic carbocycles. The van der Waals surface area contributed by atoms with Crippen LogP contribution in [-0.4, -0.2) is 36.9 Å². The number of carboxylic acids is 1. The van der Waals surface area contributed by atoms with E-state index in [1.807, 2.05) is 0 Å². The summed E-state index contributed by atoms with van der Waals surface area (Å²) in [4.78, 5) is 10.6. The molecule has 1 aliphatic heterocycles. The molecule has 1 N–H and O–H groups in total. The van der Waals surface area contributed by atoms with Gasteiger partial charge in [-0.1, -0.05) is 12.5 Å². The summed E-state index contributed by atoms with van der Waals surface area (Å²) in [5.74, 6) is -3.68. The van der Waals surface area contributed by atoms with Crippen molar-refractivity contribution in [3.8, 4) is 0 Å². The fraction of sp³-hybridized carbons (Fsp3) is 0.500. The van der Waals surface area contributed by atoms with Crippen LogP contribution in [0.2, 0.25) is 0 Å². The van der Waals surface area contributed by atoms with E-state index in [-0.39, 0.29) is 19.0 Å². The highest BCUT2D eigenvalue weighted by molar-refractivity contribution is 7.89. The number of hydrogen-bond acceptors (Lipinski definition) is 3. The number of nitrogens with zero attached hydrogens (tertiary/aromatic N) is 1. The van der Waals surface area contributed by atoms with Crippen LogP contribution in [0.25, 0.3) is 0 Å². The van der Waals surface area contributed by atoms with E-state index < -0.39 is 37.9 Å². The first-order chi connectivity index (χ1) is 10.3. The third kappa shape index (κ3) is 2.04. The van der Waals surface area contributed by atoms with Crippen LogP contribution in [0.1, 0.15) is 19.3 Å². The maximum Gasteiger partial charge on any atom is 0.311 e. The quantitative estimate of drug-likeness (QED) is 0.917. The number of carboxylic acid groups (broad SMARTS) is 1. The Bertz CT molecular complexity index is 716. The van der Waals surface area contributed by atoms with E-state index in [0.29, 0.717) is 12.8 Å². The van der Waals surface area contributed by atoms with E-state index in [1.165, 1.54) is 0 Å². The number of hydrogen-bond donors (Lipinski definition) is 1. The largest absolute Gasteiger partial charge is 0.481 e. The molecule has 2 fully saturated rings. The Balaban J connectivity index is 2.01. The van der Waals surface area contributed by atoms with Crippen molar-refractivity contribution in [2.24, 2.45) is 11.3 Å². The molecule has 1 saturated heterocycles. The van der Waals surface area contributed by atoms with Gasteiger partial charge in [-0.3, -0.25) is 4.79 Å². The van der Waals surface area contributed by atoms with Crippen molar-refractivity contribution in [1.29, 1.82) is 0 Å². The van der Waals surface area contributed by atoms with Gasteiger partial charge in [0.05, 0.1) is 5.41 Å². The number of sulfonamides is 1. The van der Waals surface area contributed by atoms with E-state index in [2.05, 4.69) is 0 Å². The number of benzene rings is 1. The van der Waals surface area contributed by atoms with E-state index in [9.17, 15) is 27.1 Å². The van der Waals surface area contributed by atoms with Gasteiger partial charge in [0.15, 0.2) is 4.90 Å². The average Bonchev–Trinajstić information content (AvgIpc) is 2.95. The highest BCUT2D eigenvalue weighted by atomic mass is 32.2. The molecule has 0 amide bonds. The lowest BCUT2D eigenvalue weighted by atomic mass is 9.81. The summed E-state index contributed by atoms with van der Waals surface area (Å²) in [5, 5.41) is 9.47. The maximum absolute atomic E-state index is 13.8. The fourth-order valence-electron chi connectivity index (χ4n) is 3.63. The van der Waals surface area contributed by atoms with Gasteiger partial charge in [0.25, 0.3) is 0 Å². The zero-order valence-electron chi connectivity index (χ0n) is 11.6. The minimum Gasteiger partial charge on any atom is -0.481 e. The Hall–Kier alpha value is -1.54. The lowest BCUT2D eigenvalue weighted by molar-refractivity contribution is -0.149. The minimum atomic E-state index is -4.39. The fourth-order valence-corrected chi connectivity index (χ4v) is 5.30. The van der Waals surface area contributed by atoms with Crippen molar-refractivity contribution < 1.29 is 27.1 Å². The van der Waals surface area contributed by atoms with E-state index in [4.69, 9.17) is 0 Å². The molecular weight excluding hydrogens is 316 g/mol. The van der Waals surface area contributed by atoms with E-state index in [0.717, 1.165) is 28.9 Å². The Morgan fingerprint density at radius 1 is 1.32 bits per heavy atom. The number of fused-ring (bicyclic) bond motifs is 1. The first-order valence-corrected chi connectivity index (χ1v) is 8.40. The summed E-state index contributed by atoms with van der Waals surface area (Å²) in [6.45, 7) is -0.245. The number of halogens is 2. The van der Waals surface area contributed by atoms with Crippen LogP contribution in [-0.2, 0) is 14.8 Å². The predicted octanol–water partition coefficient (Wildman–Crippen LogP) is 1.84. The molecule has 2 atom stereocenters. The van der Waals surface area contributed by atoms with Crippen LogP contribution in [0.4, 0.5) is 8.78 Å². The zero-order chi connectivity index (χ0) is 16.1. The standard InChI is InChI=1S/C14H15F2NO4S/c15-10-4-1-5-11(16)12(10)22(20,21)17-7-9-3-2-6-14(9,8-17)13(18)19/h1,4-5,9H,2-3,6-8H2,(H,18,19)/t9-,14+/m0/s1. The van der Waals surface area contributed by atoms with Crippen molar-refractivity contribution in [2.45, 2.75) is 24.2 Å². The Morgan fingerprint density at radius 2 is 1.95 bits per heavy atom. The number of rotatable bonds is 3. The molecule has 1 aromatic rings. The van der Waals surface area contributed by atoms with E-state index >= 15 is 0 Å². The summed E-state index contributed by atoms with van der Waals surface area (Å²) >= 11 is 0. The van der Waals surface area contributed by atoms with Crippen LogP contribution in [0.5, 0.6) is 0 Å². The molecule has 2 aliphatic rings. The topological polar surface area (TPSA) is 74.7 Å². The molecular formula is C14H15F2NO4S. The monoisotopic (exact) mass is 331 g/mol. The van der Waals surface area contributed by atoms with Crippen molar-refractivity contribution >= 4 is 16.0 Å². The van der Waals surface area contributed by atoms with Crippen molar-refractivity contribution in [1.82, 2.24) is 4.31 Å². The predicted molar refractivity (Wildman–Crippen MR) is 72.5 cm³/mol. The molecule has 8 heteroatoms. The molecule has 1 saturated carbocycles. The van der Waals surface area contributed by atoms with Gasteiger partial charge in [-0.2, -0.15) is 4.31 Å². The first kappa shape index (κ1) is 15.4. The van der Waals surface area contributed by atoms with Crippen molar-refractivity contribution in [3.05, 3.63) is 29.8 Å². The van der Waals surface area contributed by atoms with Crippen LogP contribution in [0.3, 0.4) is 0 Å². The molecule has 0 spiro atoms. The number of aliphatic carboxylic acids is 1. The average molecular weight is 331 g/mol. The van der Waals surface area contributed by atoms with E-state index in [1.54, 1.807) is 0 Å². The van der Waals surface area contributed by atoms with Crippen molar-refractivity contribution in [2.75, 3.05) is 13.1 Å². The zero-order valence-corrected chi connectivity index (χ0v) is 12.4. The normalized spacial score (nSPS) is 28.7. The molecule has 22 heavy (non-hydrogen) atoms. The van der Waals surface area contributed by atoms with Gasteiger partial charge in [-0.15, -0.1) is 0 Å². The molecule has 5 nitrogen and oxygen atoms in total. The van der Waals surface area contributed by atoms with Gasteiger partial charge in [0.1, 0.15) is 11.6 Å². The van der Waals surface area contributed by atoms with Crippen LogP contribution < -0.4 is 0 Å². The second kappa shape index (κ2) is 4.99. The highest BCUT2D eigenvalue weighted by Gasteiger charge is 2.57. The van der Waals surface area contributed by atoms with Crippen molar-refractivity contribution in [3.63, 3.8) is 0 Å². The summed E-state index contributed by atoms with van der Waals surface area (Å²) in [6.07, 6.45) is 1.72. The summed E-state index contributed by atoms with van der Waals surface area (Å²) in [5.41, 5.74) is -1.13. The van der Waals surface area contributed by atoms with Gasteiger partial charge in [0, 0.05) is 13.1 Å². The first-order valence-electron chi connectivity index (χ1n) is 6.96. The molecule has 3 rings (SSSR count). The highest BCUT2D eigenvalue weighted by Crippen LogP contribution is 2.50. The molecule has 1 aliphatic carbocycles. The Kier molecular flexibility index (Phi) is 3.48. The molecule has 0 unspecified atom stereocenters. The molecule has 0 aromatic heterocycles. The Labute approximate surface area is 126 Å². The second-order valence-electron chi connectivity index (χ2n) is 5.90. The molecule has 120 valence electrons. The molecule has 0 radical (unpaired) electrons. The van der Waals surface area contributed by atoms with Crippen LogP contribution >= 0.6 is 0 Å². The second-order valence-corrected chi connectivity index (χ2v) is 7.77. The molecule has 1 heterocycles. The third-order valence-electron chi connectivity index (χ3n) is 4.78. The smallest absolute Gasteiger partial charge is 0.311 e. The van der Waals surface area contributed by atoms with Gasteiger partial charge < -0.3 is 5.11 Å². The molecule has 0 bridgehead atoms. The van der Waals surface area contributed by atoms with Gasteiger partial charge in [0.2, 0.25) is 10.0 Å². The third-order valence-corrected chi connectivity index (χ3v) is 6.65. The van der Waals surface area contributed by atoms with Gasteiger partial charge in [-0.05, 0) is 30.9 Å². The lowest BCUT2D eigenvalue weighted by Crippen LogP contribution is -2.37. The lowest BCUT2D eigenvalue weighted by Gasteiger charge is -2.23.